The van der Waals surface area contributed by atoms with Gasteiger partial charge in [0.05, 0.1) is 21.8 Å². The van der Waals surface area contributed by atoms with Gasteiger partial charge in [-0.3, -0.25) is 9.89 Å². The maximum absolute atomic E-state index is 12.2. The first kappa shape index (κ1) is 15.3. The number of amides is 1. The van der Waals surface area contributed by atoms with Gasteiger partial charge in [-0.05, 0) is 44.5 Å². The summed E-state index contributed by atoms with van der Waals surface area (Å²) in [5, 5.41) is 14.1. The van der Waals surface area contributed by atoms with Crippen LogP contribution in [0.3, 0.4) is 0 Å². The second-order valence-electron chi connectivity index (χ2n) is 6.19. The Hall–Kier alpha value is -2.25. The van der Waals surface area contributed by atoms with Gasteiger partial charge in [0.2, 0.25) is 5.91 Å². The van der Waals surface area contributed by atoms with Gasteiger partial charge in [-0.1, -0.05) is 17.4 Å². The van der Waals surface area contributed by atoms with E-state index in [2.05, 4.69) is 44.0 Å². The molecule has 124 valence electrons. The molecule has 0 spiro atoms. The third-order valence-electron chi connectivity index (χ3n) is 4.47. The predicted octanol–water partition coefficient (Wildman–Crippen LogP) is 2.85. The third kappa shape index (κ3) is 2.70. The molecule has 0 saturated carbocycles. The number of nitrogens with one attached hydrogen (secondary N) is 3. The first-order chi connectivity index (χ1) is 11.6. The van der Waals surface area contributed by atoms with Crippen molar-refractivity contribution in [1.29, 1.82) is 0 Å². The van der Waals surface area contributed by atoms with Gasteiger partial charge in [-0.25, -0.2) is 4.98 Å². The van der Waals surface area contributed by atoms with Crippen LogP contribution in [0.5, 0.6) is 0 Å². The molecule has 7 heteroatoms. The molecule has 6 nitrogen and oxygen atoms in total. The smallest absolute Gasteiger partial charge is 0.230 e. The Morgan fingerprint density at radius 3 is 2.96 bits per heavy atom. The van der Waals surface area contributed by atoms with Crippen molar-refractivity contribution >= 4 is 32.6 Å². The zero-order valence-electron chi connectivity index (χ0n) is 13.6. The number of rotatable bonds is 3. The zero-order chi connectivity index (χ0) is 16.7. The number of hydrogen-bond donors (Lipinski definition) is 3. The maximum Gasteiger partial charge on any atom is 0.230 e. The van der Waals surface area contributed by atoms with Gasteiger partial charge >= 0.3 is 0 Å². The summed E-state index contributed by atoms with van der Waals surface area (Å²) in [4.78, 5) is 16.8. The van der Waals surface area contributed by atoms with Crippen LogP contribution in [0, 0.1) is 19.8 Å². The normalized spacial score (nSPS) is 17.5. The summed E-state index contributed by atoms with van der Waals surface area (Å²) in [7, 11) is 0. The number of aromatic amines is 1. The van der Waals surface area contributed by atoms with Gasteiger partial charge in [0, 0.05) is 17.8 Å². The van der Waals surface area contributed by atoms with E-state index < -0.39 is 0 Å². The van der Waals surface area contributed by atoms with E-state index in [9.17, 15) is 4.79 Å². The van der Waals surface area contributed by atoms with Crippen LogP contribution in [0.2, 0.25) is 0 Å². The SMILES string of the molecule is Cc1n[nH]c(C)c1-c1ccc2sc(NC(=O)[C@@H]3CCNC3)nc2c1. The van der Waals surface area contributed by atoms with Gasteiger partial charge in [-0.2, -0.15) is 5.10 Å². The van der Waals surface area contributed by atoms with Crippen molar-refractivity contribution in [3.63, 3.8) is 0 Å². The zero-order valence-corrected chi connectivity index (χ0v) is 14.5. The minimum Gasteiger partial charge on any atom is -0.316 e. The number of carbonyl (C=O) groups is 1. The summed E-state index contributed by atoms with van der Waals surface area (Å²) in [6.07, 6.45) is 0.889. The number of thiazole rings is 1. The highest BCUT2D eigenvalue weighted by molar-refractivity contribution is 7.22. The number of benzene rings is 1. The Labute approximate surface area is 143 Å². The summed E-state index contributed by atoms with van der Waals surface area (Å²) in [6, 6.07) is 6.20. The monoisotopic (exact) mass is 341 g/mol. The molecule has 0 aliphatic carbocycles. The lowest BCUT2D eigenvalue weighted by molar-refractivity contribution is -0.119. The molecule has 1 aliphatic rings. The Balaban J connectivity index is 1.63. The van der Waals surface area contributed by atoms with Crippen molar-refractivity contribution in [2.24, 2.45) is 5.92 Å². The highest BCUT2D eigenvalue weighted by Crippen LogP contribution is 2.32. The van der Waals surface area contributed by atoms with Crippen LogP contribution < -0.4 is 10.6 Å². The number of carbonyl (C=O) groups excluding carboxylic acids is 1. The van der Waals surface area contributed by atoms with Crippen molar-refractivity contribution < 1.29 is 4.79 Å². The molecule has 1 fully saturated rings. The lowest BCUT2D eigenvalue weighted by Crippen LogP contribution is -2.24. The van der Waals surface area contributed by atoms with E-state index in [1.54, 1.807) is 0 Å². The molecule has 0 radical (unpaired) electrons. The van der Waals surface area contributed by atoms with Crippen molar-refractivity contribution in [3.8, 4) is 11.1 Å². The Bertz CT molecular complexity index is 887. The molecule has 1 aliphatic heterocycles. The number of aryl methyl sites for hydroxylation is 2. The molecule has 0 unspecified atom stereocenters. The van der Waals surface area contributed by atoms with Crippen LogP contribution in [0.25, 0.3) is 21.3 Å². The average Bonchev–Trinajstić information content (AvgIpc) is 3.27. The summed E-state index contributed by atoms with van der Waals surface area (Å²) in [6.45, 7) is 5.66. The summed E-state index contributed by atoms with van der Waals surface area (Å²) < 4.78 is 1.07. The summed E-state index contributed by atoms with van der Waals surface area (Å²) >= 11 is 1.51. The number of nitrogens with zero attached hydrogens (tertiary/aromatic N) is 2. The molecule has 1 atom stereocenters. The topological polar surface area (TPSA) is 82.7 Å². The van der Waals surface area contributed by atoms with E-state index in [-0.39, 0.29) is 11.8 Å². The number of H-pyrrole nitrogens is 1. The van der Waals surface area contributed by atoms with E-state index >= 15 is 0 Å². The summed E-state index contributed by atoms with van der Waals surface area (Å²) in [5.74, 6) is 0.101. The van der Waals surface area contributed by atoms with E-state index in [1.807, 2.05) is 13.8 Å². The molecule has 1 amide bonds. The van der Waals surface area contributed by atoms with Gasteiger partial charge in [0.25, 0.3) is 0 Å². The lowest BCUT2D eigenvalue weighted by atomic mass is 10.0. The second kappa shape index (κ2) is 5.99. The molecule has 24 heavy (non-hydrogen) atoms. The Morgan fingerprint density at radius 2 is 2.25 bits per heavy atom. The van der Waals surface area contributed by atoms with Crippen LogP contribution in [-0.4, -0.2) is 34.2 Å². The molecule has 4 rings (SSSR count). The van der Waals surface area contributed by atoms with Crippen LogP contribution in [0.4, 0.5) is 5.13 Å². The van der Waals surface area contributed by atoms with E-state index in [1.165, 1.54) is 11.3 Å². The van der Waals surface area contributed by atoms with Crippen LogP contribution in [0.15, 0.2) is 18.2 Å². The lowest BCUT2D eigenvalue weighted by Gasteiger charge is -2.06. The molecule has 3 aromatic rings. The fourth-order valence-corrected chi connectivity index (χ4v) is 4.05. The van der Waals surface area contributed by atoms with Crippen molar-refractivity contribution in [1.82, 2.24) is 20.5 Å². The molecule has 1 aromatic carbocycles. The van der Waals surface area contributed by atoms with Gasteiger partial charge in [-0.15, -0.1) is 0 Å². The molecular weight excluding hydrogens is 322 g/mol. The van der Waals surface area contributed by atoms with Crippen LogP contribution >= 0.6 is 11.3 Å². The van der Waals surface area contributed by atoms with E-state index in [0.29, 0.717) is 5.13 Å². The fourth-order valence-electron chi connectivity index (χ4n) is 3.20. The highest BCUT2D eigenvalue weighted by atomic mass is 32.1. The molecule has 3 N–H and O–H groups in total. The number of fused-ring (bicyclic) bond motifs is 1. The molecule has 0 bridgehead atoms. The van der Waals surface area contributed by atoms with Crippen LogP contribution in [0.1, 0.15) is 17.8 Å². The third-order valence-corrected chi connectivity index (χ3v) is 5.42. The predicted molar refractivity (Wildman–Crippen MR) is 96.3 cm³/mol. The minimum absolute atomic E-state index is 0.0452. The quantitative estimate of drug-likeness (QED) is 0.684. The van der Waals surface area contributed by atoms with Crippen molar-refractivity contribution in [2.75, 3.05) is 18.4 Å². The van der Waals surface area contributed by atoms with Gasteiger partial charge in [0.1, 0.15) is 0 Å². The fraction of sp³-hybridized carbons (Fsp3) is 0.353. The van der Waals surface area contributed by atoms with Crippen molar-refractivity contribution in [2.45, 2.75) is 20.3 Å². The Kier molecular flexibility index (Phi) is 3.82. The van der Waals surface area contributed by atoms with Crippen LogP contribution in [-0.2, 0) is 4.79 Å². The summed E-state index contributed by atoms with van der Waals surface area (Å²) in [5.41, 5.74) is 5.13. The maximum atomic E-state index is 12.2. The molecule has 3 heterocycles. The average molecular weight is 341 g/mol. The molecule has 1 saturated heterocycles. The number of aromatic nitrogens is 3. The second-order valence-corrected chi connectivity index (χ2v) is 7.22. The van der Waals surface area contributed by atoms with E-state index in [4.69, 9.17) is 0 Å². The number of anilines is 1. The first-order valence-electron chi connectivity index (χ1n) is 8.06. The van der Waals surface area contributed by atoms with E-state index in [0.717, 1.165) is 52.2 Å². The molecule has 2 aromatic heterocycles. The molecular formula is C17H19N5OS. The van der Waals surface area contributed by atoms with Gasteiger partial charge in [0.15, 0.2) is 5.13 Å². The largest absolute Gasteiger partial charge is 0.316 e. The first-order valence-corrected chi connectivity index (χ1v) is 8.87. The van der Waals surface area contributed by atoms with Gasteiger partial charge < -0.3 is 10.6 Å². The highest BCUT2D eigenvalue weighted by Gasteiger charge is 2.23. The minimum atomic E-state index is 0.0452. The Morgan fingerprint density at radius 1 is 1.38 bits per heavy atom. The number of hydrogen-bond acceptors (Lipinski definition) is 5. The van der Waals surface area contributed by atoms with Crippen molar-refractivity contribution in [3.05, 3.63) is 29.6 Å². The standard InChI is InChI=1S/C17H19N5OS/c1-9-15(10(2)22-21-9)11-3-4-14-13(7-11)19-17(24-14)20-16(23)12-5-6-18-8-12/h3-4,7,12,18H,5-6,8H2,1-2H3,(H,21,22)(H,19,20,23)/t12-/m1/s1.